The third-order valence-corrected chi connectivity index (χ3v) is 7.38. The Balaban J connectivity index is 0.000000369. The minimum atomic E-state index is -0.0178. The second kappa shape index (κ2) is 14.1. The van der Waals surface area contributed by atoms with Gasteiger partial charge in [0.05, 0.1) is 0 Å². The van der Waals surface area contributed by atoms with Gasteiger partial charge in [-0.15, -0.1) is 0 Å². The fourth-order valence-electron chi connectivity index (χ4n) is 5.09. The smallest absolute Gasteiger partial charge is 0.123 e. The van der Waals surface area contributed by atoms with Crippen molar-refractivity contribution in [3.05, 3.63) is 58.7 Å². The Bertz CT molecular complexity index is 837. The molecule has 2 aromatic carbocycles. The monoisotopic (exact) mass is 496 g/mol. The van der Waals surface area contributed by atoms with E-state index in [0.29, 0.717) is 16.9 Å². The summed E-state index contributed by atoms with van der Waals surface area (Å²) in [6, 6.07) is 12.2. The van der Waals surface area contributed by atoms with Gasteiger partial charge in [-0.05, 0) is 71.3 Å². The van der Waals surface area contributed by atoms with Crippen LogP contribution < -0.4 is 0 Å². The molecule has 0 aromatic heterocycles. The van der Waals surface area contributed by atoms with Gasteiger partial charge in [0.15, 0.2) is 0 Å². The van der Waals surface area contributed by atoms with Gasteiger partial charge >= 0.3 is 0 Å². The lowest BCUT2D eigenvalue weighted by Gasteiger charge is -2.35. The van der Waals surface area contributed by atoms with E-state index in [1.54, 1.807) is 0 Å². The molecule has 0 saturated carbocycles. The van der Waals surface area contributed by atoms with Crippen molar-refractivity contribution in [2.75, 3.05) is 0 Å². The maximum atomic E-state index is 10.4. The Kier molecular flexibility index (Phi) is 12.6. The molecule has 0 spiro atoms. The van der Waals surface area contributed by atoms with Crippen molar-refractivity contribution in [2.24, 2.45) is 0 Å². The van der Waals surface area contributed by atoms with Crippen molar-refractivity contribution in [3.8, 4) is 11.5 Å². The molecule has 36 heavy (non-hydrogen) atoms. The van der Waals surface area contributed by atoms with Crippen LogP contribution in [0.2, 0.25) is 0 Å². The summed E-state index contributed by atoms with van der Waals surface area (Å²) in [5.74, 6) is 0.842. The highest BCUT2D eigenvalue weighted by molar-refractivity contribution is 5.49. The second-order valence-electron chi connectivity index (χ2n) is 12.8. The quantitative estimate of drug-likeness (QED) is 0.343. The van der Waals surface area contributed by atoms with Gasteiger partial charge in [0.1, 0.15) is 11.5 Å². The van der Waals surface area contributed by atoms with Crippen LogP contribution >= 0.6 is 0 Å². The molecule has 204 valence electrons. The lowest BCUT2D eigenvalue weighted by Crippen LogP contribution is -2.26. The number of hydrogen-bond donors (Lipinski definition) is 2. The van der Waals surface area contributed by atoms with Crippen LogP contribution in [0, 0.1) is 6.92 Å². The molecule has 2 heteroatoms. The standard InChI is InChI=1S/C19H32O.C15H24O/c1-4-7-14-19(15-8-5-2,16-9-6-3)17-10-12-18(20)13-11-17;1-10-8-11(14(2,3)4)13(16)12(9-10)15(5,6)7/h10-13,20H,4-9,14-16H2,1-3H3;8-9,16H,1-7H3. The predicted molar refractivity (Wildman–Crippen MR) is 159 cm³/mol. The van der Waals surface area contributed by atoms with Crippen LogP contribution in [0.5, 0.6) is 11.5 Å². The molecule has 0 bridgehead atoms. The van der Waals surface area contributed by atoms with Gasteiger partial charge in [-0.1, -0.05) is 131 Å². The zero-order chi connectivity index (χ0) is 27.6. The number of phenolic OH excluding ortho intramolecular Hbond substituents is 2. The summed E-state index contributed by atoms with van der Waals surface area (Å²) in [5.41, 5.74) is 5.02. The van der Waals surface area contributed by atoms with E-state index in [0.717, 1.165) is 11.1 Å². The van der Waals surface area contributed by atoms with Gasteiger partial charge in [-0.2, -0.15) is 0 Å². The van der Waals surface area contributed by atoms with E-state index in [1.165, 1.54) is 68.9 Å². The van der Waals surface area contributed by atoms with Crippen molar-refractivity contribution in [2.45, 2.75) is 143 Å². The van der Waals surface area contributed by atoms with E-state index in [4.69, 9.17) is 0 Å². The number of unbranched alkanes of at least 4 members (excludes halogenated alkanes) is 3. The number of rotatable bonds is 10. The normalized spacial score (nSPS) is 12.3. The molecule has 2 aromatic rings. The number of hydrogen-bond acceptors (Lipinski definition) is 2. The average Bonchev–Trinajstić information content (AvgIpc) is 2.80. The zero-order valence-electron chi connectivity index (χ0n) is 25.2. The van der Waals surface area contributed by atoms with Gasteiger partial charge in [0, 0.05) is 0 Å². The highest BCUT2D eigenvalue weighted by atomic mass is 16.3. The molecule has 0 aliphatic rings. The fourth-order valence-corrected chi connectivity index (χ4v) is 5.09. The number of aromatic hydroxyl groups is 2. The Labute approximate surface area is 223 Å². The van der Waals surface area contributed by atoms with Crippen molar-refractivity contribution in [1.29, 1.82) is 0 Å². The van der Waals surface area contributed by atoms with E-state index in [-0.39, 0.29) is 10.8 Å². The predicted octanol–water partition coefficient (Wildman–Crippen LogP) is 10.5. The maximum Gasteiger partial charge on any atom is 0.123 e. The first kappa shape index (κ1) is 32.1. The van der Waals surface area contributed by atoms with Crippen molar-refractivity contribution >= 4 is 0 Å². The molecule has 0 aliphatic heterocycles. The number of phenols is 2. The molecule has 0 heterocycles. The van der Waals surface area contributed by atoms with Crippen LogP contribution in [0.3, 0.4) is 0 Å². The third kappa shape index (κ3) is 9.49. The molecule has 2 nitrogen and oxygen atoms in total. The molecule has 0 radical (unpaired) electrons. The van der Waals surface area contributed by atoms with Gasteiger partial charge in [-0.25, -0.2) is 0 Å². The molecule has 0 saturated heterocycles. The fraction of sp³-hybridized carbons (Fsp3) is 0.647. The lowest BCUT2D eigenvalue weighted by atomic mass is 9.69. The molecule has 2 rings (SSSR count). The SMILES string of the molecule is CCCCC(CCCC)(CCCC)c1ccc(O)cc1.Cc1cc(C(C)(C)C)c(O)c(C(C)(C)C)c1. The van der Waals surface area contributed by atoms with Gasteiger partial charge in [-0.3, -0.25) is 0 Å². The van der Waals surface area contributed by atoms with E-state index >= 15 is 0 Å². The van der Waals surface area contributed by atoms with Crippen LogP contribution in [-0.4, -0.2) is 10.2 Å². The minimum Gasteiger partial charge on any atom is -0.508 e. The van der Waals surface area contributed by atoms with E-state index < -0.39 is 0 Å². The van der Waals surface area contributed by atoms with E-state index in [9.17, 15) is 10.2 Å². The van der Waals surface area contributed by atoms with Gasteiger partial charge in [0.25, 0.3) is 0 Å². The van der Waals surface area contributed by atoms with Crippen LogP contribution in [0.1, 0.15) is 142 Å². The lowest BCUT2D eigenvalue weighted by molar-refractivity contribution is 0.309. The minimum absolute atomic E-state index is 0.0178. The van der Waals surface area contributed by atoms with E-state index in [1.807, 2.05) is 12.1 Å². The Morgan fingerprint density at radius 2 is 0.972 bits per heavy atom. The molecule has 0 unspecified atom stereocenters. The molecule has 0 atom stereocenters. The summed E-state index contributed by atoms with van der Waals surface area (Å²) in [6.45, 7) is 21.7. The highest BCUT2D eigenvalue weighted by Gasteiger charge is 2.30. The summed E-state index contributed by atoms with van der Waals surface area (Å²) >= 11 is 0. The Morgan fingerprint density at radius 1 is 0.611 bits per heavy atom. The molecule has 0 fully saturated rings. The summed E-state index contributed by atoms with van der Waals surface area (Å²) in [7, 11) is 0. The molecular weight excluding hydrogens is 440 g/mol. The van der Waals surface area contributed by atoms with Crippen LogP contribution in [0.4, 0.5) is 0 Å². The molecular formula is C34H56O2. The first-order chi connectivity index (χ1) is 16.7. The Morgan fingerprint density at radius 3 is 1.28 bits per heavy atom. The molecule has 2 N–H and O–H groups in total. The highest BCUT2D eigenvalue weighted by Crippen LogP contribution is 2.41. The summed E-state index contributed by atoms with van der Waals surface area (Å²) in [6.07, 6.45) is 11.5. The second-order valence-corrected chi connectivity index (χ2v) is 12.8. The van der Waals surface area contributed by atoms with Crippen molar-refractivity contribution in [3.63, 3.8) is 0 Å². The van der Waals surface area contributed by atoms with Crippen molar-refractivity contribution < 1.29 is 10.2 Å². The van der Waals surface area contributed by atoms with Crippen LogP contribution in [-0.2, 0) is 16.2 Å². The number of benzene rings is 2. The Hall–Kier alpha value is -1.96. The van der Waals surface area contributed by atoms with E-state index in [2.05, 4.69) is 93.5 Å². The third-order valence-electron chi connectivity index (χ3n) is 7.38. The average molecular weight is 497 g/mol. The summed E-state index contributed by atoms with van der Waals surface area (Å²) in [5, 5.41) is 19.9. The maximum absolute atomic E-state index is 10.4. The van der Waals surface area contributed by atoms with Gasteiger partial charge < -0.3 is 10.2 Å². The van der Waals surface area contributed by atoms with Gasteiger partial charge in [0.2, 0.25) is 0 Å². The first-order valence-electron chi connectivity index (χ1n) is 14.4. The first-order valence-corrected chi connectivity index (χ1v) is 14.4. The summed E-state index contributed by atoms with van der Waals surface area (Å²) < 4.78 is 0. The van der Waals surface area contributed by atoms with Crippen LogP contribution in [0.25, 0.3) is 0 Å². The zero-order valence-corrected chi connectivity index (χ0v) is 25.2. The topological polar surface area (TPSA) is 40.5 Å². The largest absolute Gasteiger partial charge is 0.508 e. The summed E-state index contributed by atoms with van der Waals surface area (Å²) in [4.78, 5) is 0. The molecule has 0 amide bonds. The van der Waals surface area contributed by atoms with Crippen LogP contribution in [0.15, 0.2) is 36.4 Å². The number of aryl methyl sites for hydroxylation is 1. The molecule has 0 aliphatic carbocycles. The van der Waals surface area contributed by atoms with Crippen molar-refractivity contribution in [1.82, 2.24) is 0 Å².